The smallest absolute Gasteiger partial charge is 0.268 e. The van der Waals surface area contributed by atoms with Gasteiger partial charge in [0.15, 0.2) is 9.84 Å². The number of carbonyl (C=O) groups excluding carboxylic acids is 1. The van der Waals surface area contributed by atoms with E-state index in [-0.39, 0.29) is 11.2 Å². The average molecular weight is 383 g/mol. The van der Waals surface area contributed by atoms with E-state index in [1.165, 1.54) is 0 Å². The normalized spacial score (nSPS) is 18.1. The van der Waals surface area contributed by atoms with Gasteiger partial charge in [0.2, 0.25) is 0 Å². The van der Waals surface area contributed by atoms with Crippen molar-refractivity contribution in [3.8, 4) is 0 Å². The predicted molar refractivity (Wildman–Crippen MR) is 102 cm³/mol. The molecular weight excluding hydrogens is 362 g/mol. The quantitative estimate of drug-likeness (QED) is 0.674. The van der Waals surface area contributed by atoms with Crippen molar-refractivity contribution in [1.82, 2.24) is 0 Å². The van der Waals surface area contributed by atoms with Crippen LogP contribution in [-0.4, -0.2) is 19.6 Å². The summed E-state index contributed by atoms with van der Waals surface area (Å²) in [6, 6.07) is 14.6. The van der Waals surface area contributed by atoms with Crippen LogP contribution in [0.3, 0.4) is 0 Å². The molecule has 0 heterocycles. The first-order valence-electron chi connectivity index (χ1n) is 9.29. The third-order valence-electron chi connectivity index (χ3n) is 5.39. The van der Waals surface area contributed by atoms with Crippen LogP contribution in [0, 0.1) is 4.91 Å². The highest BCUT2D eigenvalue weighted by Crippen LogP contribution is 2.46. The molecule has 0 spiro atoms. The lowest BCUT2D eigenvalue weighted by molar-refractivity contribution is -0.119. The number of sulfone groups is 1. The molecule has 0 radical (unpaired) electrons. The molecular formula is C21H21NO4S. The fourth-order valence-corrected chi connectivity index (χ4v) is 5.50. The Morgan fingerprint density at radius 2 is 1.74 bits per heavy atom. The number of nitrogens with zero attached hydrogens (tertiary/aromatic N) is 1. The SMILES string of the molecule is O=NC(=O)C(Cc1ccccc1)c1ccc(S(=O)(=O)C2CC2)c(C2CC2)c1. The molecule has 0 N–H and O–H groups in total. The Labute approximate surface area is 158 Å². The second kappa shape index (κ2) is 7.00. The lowest BCUT2D eigenvalue weighted by atomic mass is 9.90. The maximum atomic E-state index is 12.8. The van der Waals surface area contributed by atoms with Gasteiger partial charge in [0.05, 0.1) is 16.1 Å². The van der Waals surface area contributed by atoms with Crippen molar-refractivity contribution in [1.29, 1.82) is 0 Å². The van der Waals surface area contributed by atoms with Gasteiger partial charge in [0, 0.05) is 5.18 Å². The van der Waals surface area contributed by atoms with Crippen molar-refractivity contribution < 1.29 is 13.2 Å². The standard InChI is InChI=1S/C21H21NO4S/c23-21(22-24)19(12-14-4-2-1-3-5-14)16-8-11-20(18(13-16)15-6-7-15)27(25,26)17-9-10-17/h1-5,8,11,13,15,17,19H,6-7,9-10,12H2. The van der Waals surface area contributed by atoms with Crippen molar-refractivity contribution in [3.63, 3.8) is 0 Å². The van der Waals surface area contributed by atoms with E-state index in [1.807, 2.05) is 36.4 Å². The van der Waals surface area contributed by atoms with Gasteiger partial charge in [-0.1, -0.05) is 42.5 Å². The molecule has 0 aromatic heterocycles. The van der Waals surface area contributed by atoms with Crippen molar-refractivity contribution in [2.45, 2.75) is 54.1 Å². The molecule has 4 rings (SSSR count). The van der Waals surface area contributed by atoms with E-state index >= 15 is 0 Å². The van der Waals surface area contributed by atoms with Crippen LogP contribution in [0.25, 0.3) is 0 Å². The van der Waals surface area contributed by atoms with E-state index in [4.69, 9.17) is 0 Å². The third kappa shape index (κ3) is 3.72. The van der Waals surface area contributed by atoms with Crippen LogP contribution in [0.1, 0.15) is 54.2 Å². The summed E-state index contributed by atoms with van der Waals surface area (Å²) >= 11 is 0. The molecule has 5 nitrogen and oxygen atoms in total. The molecule has 2 aliphatic carbocycles. The van der Waals surface area contributed by atoms with Crippen LogP contribution < -0.4 is 0 Å². The molecule has 2 aromatic carbocycles. The summed E-state index contributed by atoms with van der Waals surface area (Å²) < 4.78 is 25.5. The monoisotopic (exact) mass is 383 g/mol. The zero-order valence-electron chi connectivity index (χ0n) is 14.9. The van der Waals surface area contributed by atoms with Crippen LogP contribution in [0.5, 0.6) is 0 Å². The van der Waals surface area contributed by atoms with Gasteiger partial charge in [-0.05, 0) is 60.8 Å². The molecule has 0 bridgehead atoms. The second-order valence-electron chi connectivity index (χ2n) is 7.49. The number of benzene rings is 2. The van der Waals surface area contributed by atoms with Crippen LogP contribution in [-0.2, 0) is 21.1 Å². The Kier molecular flexibility index (Phi) is 4.68. The van der Waals surface area contributed by atoms with E-state index in [9.17, 15) is 18.1 Å². The summed E-state index contributed by atoms with van der Waals surface area (Å²) in [5.41, 5.74) is 2.40. The number of nitroso groups, excluding NO2 is 1. The summed E-state index contributed by atoms with van der Waals surface area (Å²) in [5.74, 6) is -1.19. The Morgan fingerprint density at radius 3 is 2.33 bits per heavy atom. The molecule has 0 saturated heterocycles. The van der Waals surface area contributed by atoms with E-state index in [2.05, 4.69) is 5.18 Å². The summed E-state index contributed by atoms with van der Waals surface area (Å²) in [6.07, 6.45) is 3.72. The number of amides is 1. The molecule has 2 aliphatic rings. The van der Waals surface area contributed by atoms with Gasteiger partial charge in [-0.2, -0.15) is 0 Å². The Hall–Kier alpha value is -2.34. The van der Waals surface area contributed by atoms with Crippen LogP contribution in [0.15, 0.2) is 58.6 Å². The average Bonchev–Trinajstić information content (AvgIpc) is 3.58. The minimum Gasteiger partial charge on any atom is -0.268 e. The zero-order chi connectivity index (χ0) is 19.0. The molecule has 27 heavy (non-hydrogen) atoms. The topological polar surface area (TPSA) is 80.6 Å². The summed E-state index contributed by atoms with van der Waals surface area (Å²) in [5, 5.41) is 2.39. The fraction of sp³-hybridized carbons (Fsp3) is 0.381. The van der Waals surface area contributed by atoms with Crippen molar-refractivity contribution in [2.24, 2.45) is 5.18 Å². The van der Waals surface area contributed by atoms with Gasteiger partial charge in [-0.15, -0.1) is 4.91 Å². The largest absolute Gasteiger partial charge is 0.294 e. The Balaban J connectivity index is 1.73. The van der Waals surface area contributed by atoms with Gasteiger partial charge in [0.1, 0.15) is 0 Å². The number of rotatable bonds is 7. The predicted octanol–water partition coefficient (Wildman–Crippen LogP) is 4.12. The Bertz CT molecular complexity index is 976. The number of carbonyl (C=O) groups is 1. The first-order valence-corrected chi connectivity index (χ1v) is 10.8. The maximum absolute atomic E-state index is 12.8. The third-order valence-corrected chi connectivity index (χ3v) is 7.73. The summed E-state index contributed by atoms with van der Waals surface area (Å²) in [7, 11) is -3.30. The Morgan fingerprint density at radius 1 is 1.04 bits per heavy atom. The lowest BCUT2D eigenvalue weighted by Gasteiger charge is -2.17. The van der Waals surface area contributed by atoms with Gasteiger partial charge in [-0.3, -0.25) is 4.79 Å². The molecule has 1 atom stereocenters. The molecule has 1 amide bonds. The minimum absolute atomic E-state index is 0.227. The minimum atomic E-state index is -3.30. The van der Waals surface area contributed by atoms with Crippen molar-refractivity contribution in [2.75, 3.05) is 0 Å². The number of hydrogen-bond donors (Lipinski definition) is 0. The highest BCUT2D eigenvalue weighted by Gasteiger charge is 2.40. The van der Waals surface area contributed by atoms with Gasteiger partial charge >= 0.3 is 0 Å². The molecule has 140 valence electrons. The highest BCUT2D eigenvalue weighted by atomic mass is 32.2. The highest BCUT2D eigenvalue weighted by molar-refractivity contribution is 7.92. The van der Waals surface area contributed by atoms with Crippen LogP contribution in [0.4, 0.5) is 0 Å². The number of hydrogen-bond acceptors (Lipinski definition) is 4. The molecule has 2 saturated carbocycles. The molecule has 6 heteroatoms. The first kappa shape index (κ1) is 18.0. The van der Waals surface area contributed by atoms with Gasteiger partial charge < -0.3 is 0 Å². The van der Waals surface area contributed by atoms with E-state index < -0.39 is 21.7 Å². The summed E-state index contributed by atoms with van der Waals surface area (Å²) in [4.78, 5) is 23.6. The molecule has 0 aliphatic heterocycles. The fourth-order valence-electron chi connectivity index (χ4n) is 3.58. The molecule has 1 unspecified atom stereocenters. The zero-order valence-corrected chi connectivity index (χ0v) is 15.7. The lowest BCUT2D eigenvalue weighted by Crippen LogP contribution is -2.15. The van der Waals surface area contributed by atoms with Crippen molar-refractivity contribution >= 4 is 15.7 Å². The van der Waals surface area contributed by atoms with Crippen LogP contribution >= 0.6 is 0 Å². The summed E-state index contributed by atoms with van der Waals surface area (Å²) in [6.45, 7) is 0. The van der Waals surface area contributed by atoms with E-state index in [0.717, 1.165) is 36.8 Å². The van der Waals surface area contributed by atoms with Gasteiger partial charge in [-0.25, -0.2) is 8.42 Å². The first-order chi connectivity index (χ1) is 13.0. The maximum Gasteiger partial charge on any atom is 0.294 e. The molecule has 2 fully saturated rings. The molecule has 2 aromatic rings. The second-order valence-corrected chi connectivity index (χ2v) is 9.68. The van der Waals surface area contributed by atoms with E-state index in [0.29, 0.717) is 16.9 Å². The van der Waals surface area contributed by atoms with E-state index in [1.54, 1.807) is 12.1 Å². The van der Waals surface area contributed by atoms with Crippen molar-refractivity contribution in [3.05, 3.63) is 70.1 Å². The van der Waals surface area contributed by atoms with Crippen LogP contribution in [0.2, 0.25) is 0 Å². The van der Waals surface area contributed by atoms with Gasteiger partial charge in [0.25, 0.3) is 5.91 Å².